The fourth-order valence-electron chi connectivity index (χ4n) is 5.95. The third-order valence-electron chi connectivity index (χ3n) is 6.82. The highest BCUT2D eigenvalue weighted by molar-refractivity contribution is 5.06. The average Bonchev–Trinajstić information content (AvgIpc) is 2.52. The molecule has 2 nitrogen and oxygen atoms in total. The van der Waals surface area contributed by atoms with E-state index in [1.807, 2.05) is 0 Å². The van der Waals surface area contributed by atoms with E-state index in [0.717, 1.165) is 42.8 Å². The first-order chi connectivity index (χ1) is 12.0. The smallest absolute Gasteiger partial charge is 0.0224 e. The lowest BCUT2D eigenvalue weighted by Crippen LogP contribution is -2.55. The van der Waals surface area contributed by atoms with E-state index in [4.69, 9.17) is 0 Å². The molecule has 0 spiro atoms. The first-order valence-electron chi connectivity index (χ1n) is 10.8. The van der Waals surface area contributed by atoms with E-state index >= 15 is 0 Å². The highest BCUT2D eigenvalue weighted by Crippen LogP contribution is 2.53. The Kier molecular flexibility index (Phi) is 6.79. The van der Waals surface area contributed by atoms with Crippen LogP contribution in [0.3, 0.4) is 0 Å². The van der Waals surface area contributed by atoms with Gasteiger partial charge in [0.25, 0.3) is 0 Å². The largest absolute Gasteiger partial charge is 0.312 e. The van der Waals surface area contributed by atoms with Crippen molar-refractivity contribution in [2.24, 2.45) is 23.7 Å². The summed E-state index contributed by atoms with van der Waals surface area (Å²) in [6, 6.07) is 1.30. The van der Waals surface area contributed by atoms with Crippen LogP contribution in [0.5, 0.6) is 0 Å². The average molecular weight is 345 g/mol. The van der Waals surface area contributed by atoms with Gasteiger partial charge >= 0.3 is 0 Å². The maximum atomic E-state index is 3.93. The fraction of sp³-hybridized carbons (Fsp3) is 0.826. The Labute approximate surface area is 155 Å². The van der Waals surface area contributed by atoms with Crippen molar-refractivity contribution in [3.63, 3.8) is 0 Å². The van der Waals surface area contributed by atoms with Crippen molar-refractivity contribution < 1.29 is 0 Å². The maximum absolute atomic E-state index is 3.93. The second-order valence-corrected chi connectivity index (χ2v) is 9.49. The molecule has 0 aromatic rings. The second-order valence-electron chi connectivity index (χ2n) is 9.49. The molecule has 4 fully saturated rings. The van der Waals surface area contributed by atoms with Gasteiger partial charge in [-0.2, -0.15) is 0 Å². The summed E-state index contributed by atoms with van der Waals surface area (Å²) in [5, 5.41) is 7.61. The molecule has 2 heteroatoms. The number of nitrogens with one attached hydrogen (secondary N) is 2. The predicted molar refractivity (Wildman–Crippen MR) is 109 cm³/mol. The van der Waals surface area contributed by atoms with Gasteiger partial charge in [0.15, 0.2) is 0 Å². The van der Waals surface area contributed by atoms with E-state index in [1.165, 1.54) is 49.7 Å². The molecular formula is C23H40N2. The third-order valence-corrected chi connectivity index (χ3v) is 6.82. The highest BCUT2D eigenvalue weighted by atomic mass is 15.0. The van der Waals surface area contributed by atoms with Gasteiger partial charge in [-0.1, -0.05) is 23.3 Å². The number of rotatable bonds is 9. The van der Waals surface area contributed by atoms with Crippen molar-refractivity contribution >= 4 is 0 Å². The van der Waals surface area contributed by atoms with Gasteiger partial charge in [0.2, 0.25) is 0 Å². The first kappa shape index (κ1) is 19.2. The topological polar surface area (TPSA) is 24.1 Å². The molecule has 0 heterocycles. The second kappa shape index (κ2) is 8.86. The summed E-state index contributed by atoms with van der Waals surface area (Å²) in [6.45, 7) is 11.1. The lowest BCUT2D eigenvalue weighted by atomic mass is 9.54. The molecule has 0 saturated heterocycles. The molecule has 0 radical (unpaired) electrons. The van der Waals surface area contributed by atoms with Gasteiger partial charge in [-0.05, 0) is 96.3 Å². The fourth-order valence-corrected chi connectivity index (χ4v) is 5.95. The summed E-state index contributed by atoms with van der Waals surface area (Å²) in [4.78, 5) is 0. The van der Waals surface area contributed by atoms with Crippen LogP contribution in [-0.2, 0) is 0 Å². The van der Waals surface area contributed by atoms with Gasteiger partial charge in [0.05, 0.1) is 0 Å². The minimum Gasteiger partial charge on any atom is -0.312 e. The minimum atomic E-state index is 0.479. The molecule has 0 aromatic carbocycles. The third kappa shape index (κ3) is 5.44. The van der Waals surface area contributed by atoms with Crippen LogP contribution in [-0.4, -0.2) is 25.2 Å². The van der Waals surface area contributed by atoms with Crippen LogP contribution < -0.4 is 10.6 Å². The lowest BCUT2D eigenvalue weighted by Gasteiger charge is -2.54. The summed E-state index contributed by atoms with van der Waals surface area (Å²) >= 11 is 0. The zero-order valence-electron chi connectivity index (χ0n) is 17.0. The molecule has 2 N–H and O–H groups in total. The molecule has 4 saturated carbocycles. The number of allylic oxidation sites excluding steroid dienone is 3. The molecule has 4 bridgehead atoms. The monoisotopic (exact) mass is 344 g/mol. The van der Waals surface area contributed by atoms with Crippen LogP contribution in [0.2, 0.25) is 0 Å². The quantitative estimate of drug-likeness (QED) is 0.451. The van der Waals surface area contributed by atoms with E-state index < -0.39 is 0 Å². The zero-order chi connectivity index (χ0) is 17.8. The summed E-state index contributed by atoms with van der Waals surface area (Å²) in [5.74, 6) is 4.15. The lowest BCUT2D eigenvalue weighted by molar-refractivity contribution is -0.0133. The molecule has 25 heavy (non-hydrogen) atoms. The van der Waals surface area contributed by atoms with Gasteiger partial charge in [-0.3, -0.25) is 0 Å². The molecule has 0 aliphatic heterocycles. The summed E-state index contributed by atoms with van der Waals surface area (Å²) in [5.41, 5.74) is 2.93. The van der Waals surface area contributed by atoms with Crippen LogP contribution in [0.15, 0.2) is 23.3 Å². The Bertz CT molecular complexity index is 458. The van der Waals surface area contributed by atoms with Crippen molar-refractivity contribution in [2.45, 2.75) is 84.7 Å². The molecule has 0 amide bonds. The van der Waals surface area contributed by atoms with Crippen molar-refractivity contribution in [1.82, 2.24) is 10.6 Å². The number of hydrogen-bond acceptors (Lipinski definition) is 2. The Morgan fingerprint density at radius 1 is 0.960 bits per heavy atom. The van der Waals surface area contributed by atoms with Gasteiger partial charge in [-0.15, -0.1) is 0 Å². The van der Waals surface area contributed by atoms with E-state index in [2.05, 4.69) is 50.5 Å². The molecular weight excluding hydrogens is 304 g/mol. The van der Waals surface area contributed by atoms with Crippen molar-refractivity contribution in [3.8, 4) is 0 Å². The molecule has 1 unspecified atom stereocenters. The number of hydrogen-bond donors (Lipinski definition) is 2. The van der Waals surface area contributed by atoms with Crippen molar-refractivity contribution in [1.29, 1.82) is 0 Å². The van der Waals surface area contributed by atoms with E-state index in [9.17, 15) is 0 Å². The minimum absolute atomic E-state index is 0.479. The summed E-state index contributed by atoms with van der Waals surface area (Å²) < 4.78 is 0. The SMILES string of the molecule is CC(C)=CCC/C(C)=C/C(C)NCCNC1C2CC3CC(C2)CC1C3. The Hall–Kier alpha value is -0.600. The van der Waals surface area contributed by atoms with Crippen LogP contribution in [0, 0.1) is 23.7 Å². The summed E-state index contributed by atoms with van der Waals surface area (Å²) in [6.07, 6.45) is 14.7. The van der Waals surface area contributed by atoms with E-state index in [1.54, 1.807) is 6.42 Å². The van der Waals surface area contributed by atoms with Crippen molar-refractivity contribution in [2.75, 3.05) is 13.1 Å². The van der Waals surface area contributed by atoms with Crippen LogP contribution in [0.4, 0.5) is 0 Å². The molecule has 4 rings (SSSR count). The van der Waals surface area contributed by atoms with Crippen LogP contribution in [0.1, 0.15) is 72.6 Å². The first-order valence-corrected chi connectivity index (χ1v) is 10.8. The molecule has 142 valence electrons. The highest BCUT2D eigenvalue weighted by Gasteiger charge is 2.47. The van der Waals surface area contributed by atoms with Gasteiger partial charge < -0.3 is 10.6 Å². The van der Waals surface area contributed by atoms with Gasteiger partial charge in [0, 0.05) is 25.2 Å². The maximum Gasteiger partial charge on any atom is 0.0224 e. The van der Waals surface area contributed by atoms with Gasteiger partial charge in [0.1, 0.15) is 0 Å². The Balaban J connectivity index is 1.32. The molecule has 4 aliphatic carbocycles. The normalized spacial score (nSPS) is 35.0. The van der Waals surface area contributed by atoms with E-state index in [0.29, 0.717) is 6.04 Å². The predicted octanol–water partition coefficient (Wildman–Crippen LogP) is 5.07. The Morgan fingerprint density at radius 2 is 1.60 bits per heavy atom. The summed E-state index contributed by atoms with van der Waals surface area (Å²) in [7, 11) is 0. The molecule has 4 aliphatic rings. The molecule has 0 aromatic heterocycles. The van der Waals surface area contributed by atoms with Crippen LogP contribution in [0.25, 0.3) is 0 Å². The van der Waals surface area contributed by atoms with Crippen LogP contribution >= 0.6 is 0 Å². The Morgan fingerprint density at radius 3 is 2.20 bits per heavy atom. The molecule has 1 atom stereocenters. The zero-order valence-corrected chi connectivity index (χ0v) is 17.0. The standard InChI is InChI=1S/C23H40N2/c1-16(2)6-5-7-17(3)10-18(4)24-8-9-25-23-21-12-19-11-20(14-21)15-22(23)13-19/h6,10,18-25H,5,7-9,11-15H2,1-4H3/b17-10+. The van der Waals surface area contributed by atoms with E-state index in [-0.39, 0.29) is 0 Å². The van der Waals surface area contributed by atoms with Gasteiger partial charge in [-0.25, -0.2) is 0 Å². The van der Waals surface area contributed by atoms with Crippen molar-refractivity contribution in [3.05, 3.63) is 23.3 Å².